The van der Waals surface area contributed by atoms with Crippen LogP contribution in [0.15, 0.2) is 0 Å². The molecule has 1 rings (SSSR count). The molecule has 1 aliphatic heterocycles. The Morgan fingerprint density at radius 1 is 1.50 bits per heavy atom. The number of aliphatic hydroxyl groups excluding tert-OH is 2. The van der Waals surface area contributed by atoms with Crippen molar-refractivity contribution in [2.75, 3.05) is 0 Å². The van der Waals surface area contributed by atoms with Crippen molar-refractivity contribution in [1.29, 1.82) is 0 Å². The lowest BCUT2D eigenvalue weighted by molar-refractivity contribution is -0.142. The Hall–Kier alpha value is -0.610. The number of esters is 1. The van der Waals surface area contributed by atoms with Crippen LogP contribution in [0.25, 0.3) is 0 Å². The number of carbonyl (C=O) groups excluding carboxylic acids is 1. The smallest absolute Gasteiger partial charge is 0.306 e. The van der Waals surface area contributed by atoms with Gasteiger partial charge in [0, 0.05) is 12.8 Å². The first-order valence-electron chi connectivity index (χ1n) is 5.13. The highest BCUT2D eigenvalue weighted by atomic mass is 16.5. The molecule has 2 N–H and O–H groups in total. The van der Waals surface area contributed by atoms with Crippen molar-refractivity contribution in [1.82, 2.24) is 0 Å². The van der Waals surface area contributed by atoms with Crippen LogP contribution in [-0.4, -0.2) is 34.5 Å². The van der Waals surface area contributed by atoms with Crippen LogP contribution in [-0.2, 0) is 9.53 Å². The molecule has 0 aromatic rings. The number of aliphatic hydroxyl groups is 2. The largest absolute Gasteiger partial charge is 0.462 e. The molecule has 1 aliphatic rings. The standard InChI is InChI=1S/C10H18O4/c1-7(11)2-3-8(12)6-9-4-5-10(13)14-9/h7-9,11-12H,2-6H2,1H3/t7-,8+,9-/m0/s1. The van der Waals surface area contributed by atoms with Gasteiger partial charge in [-0.2, -0.15) is 0 Å². The Balaban J connectivity index is 2.13. The van der Waals surface area contributed by atoms with E-state index in [1.807, 2.05) is 0 Å². The molecule has 0 bridgehead atoms. The number of rotatable bonds is 5. The number of carbonyl (C=O) groups is 1. The molecule has 82 valence electrons. The molecule has 0 aromatic carbocycles. The first-order chi connectivity index (χ1) is 6.58. The molecule has 1 heterocycles. The van der Waals surface area contributed by atoms with Crippen molar-refractivity contribution in [3.8, 4) is 0 Å². The van der Waals surface area contributed by atoms with Crippen LogP contribution in [0.1, 0.15) is 39.0 Å². The molecule has 4 nitrogen and oxygen atoms in total. The third kappa shape index (κ3) is 4.07. The first-order valence-corrected chi connectivity index (χ1v) is 5.13. The van der Waals surface area contributed by atoms with Gasteiger partial charge in [-0.05, 0) is 26.2 Å². The van der Waals surface area contributed by atoms with Gasteiger partial charge in [-0.3, -0.25) is 4.79 Å². The summed E-state index contributed by atoms with van der Waals surface area (Å²) in [7, 11) is 0. The highest BCUT2D eigenvalue weighted by Gasteiger charge is 2.25. The van der Waals surface area contributed by atoms with E-state index in [4.69, 9.17) is 9.84 Å². The Bertz CT molecular complexity index is 191. The van der Waals surface area contributed by atoms with Crippen molar-refractivity contribution in [2.24, 2.45) is 0 Å². The minimum atomic E-state index is -0.472. The van der Waals surface area contributed by atoms with Crippen molar-refractivity contribution < 1.29 is 19.7 Å². The molecule has 14 heavy (non-hydrogen) atoms. The lowest BCUT2D eigenvalue weighted by atomic mass is 10.0. The van der Waals surface area contributed by atoms with Gasteiger partial charge >= 0.3 is 5.97 Å². The van der Waals surface area contributed by atoms with Gasteiger partial charge < -0.3 is 14.9 Å². The molecule has 1 saturated heterocycles. The second-order valence-electron chi connectivity index (χ2n) is 3.97. The monoisotopic (exact) mass is 202 g/mol. The molecule has 0 aliphatic carbocycles. The lowest BCUT2D eigenvalue weighted by Crippen LogP contribution is -2.19. The molecular weight excluding hydrogens is 184 g/mol. The number of hydrogen-bond donors (Lipinski definition) is 2. The van der Waals surface area contributed by atoms with E-state index in [0.29, 0.717) is 32.1 Å². The van der Waals surface area contributed by atoms with Crippen LogP contribution in [0.3, 0.4) is 0 Å². The predicted octanol–water partition coefficient (Wildman–Crippen LogP) is 0.604. The van der Waals surface area contributed by atoms with E-state index < -0.39 is 6.10 Å². The normalized spacial score (nSPS) is 25.9. The zero-order chi connectivity index (χ0) is 10.6. The van der Waals surface area contributed by atoms with Crippen molar-refractivity contribution in [2.45, 2.75) is 57.3 Å². The molecule has 0 spiro atoms. The molecule has 0 amide bonds. The minimum Gasteiger partial charge on any atom is -0.462 e. The van der Waals surface area contributed by atoms with Crippen LogP contribution in [0.5, 0.6) is 0 Å². The summed E-state index contributed by atoms with van der Waals surface area (Å²) in [4.78, 5) is 10.8. The summed E-state index contributed by atoms with van der Waals surface area (Å²) in [5.41, 5.74) is 0. The molecule has 0 radical (unpaired) electrons. The molecule has 0 unspecified atom stereocenters. The van der Waals surface area contributed by atoms with Crippen molar-refractivity contribution in [3.63, 3.8) is 0 Å². The summed E-state index contributed by atoms with van der Waals surface area (Å²) in [5, 5.41) is 18.6. The van der Waals surface area contributed by atoms with Crippen LogP contribution < -0.4 is 0 Å². The minimum absolute atomic E-state index is 0.119. The average molecular weight is 202 g/mol. The summed E-state index contributed by atoms with van der Waals surface area (Å²) in [6, 6.07) is 0. The number of hydrogen-bond acceptors (Lipinski definition) is 4. The molecule has 1 fully saturated rings. The van der Waals surface area contributed by atoms with E-state index in [1.54, 1.807) is 6.92 Å². The Morgan fingerprint density at radius 2 is 2.21 bits per heavy atom. The topological polar surface area (TPSA) is 66.8 Å². The molecule has 0 aromatic heterocycles. The van der Waals surface area contributed by atoms with Gasteiger partial charge in [-0.25, -0.2) is 0 Å². The van der Waals surface area contributed by atoms with E-state index in [9.17, 15) is 9.90 Å². The SMILES string of the molecule is C[C@H](O)CC[C@@H](O)C[C@@H]1CCC(=O)O1. The van der Waals surface area contributed by atoms with Crippen LogP contribution >= 0.6 is 0 Å². The zero-order valence-corrected chi connectivity index (χ0v) is 8.48. The maximum absolute atomic E-state index is 10.8. The Morgan fingerprint density at radius 3 is 2.71 bits per heavy atom. The number of cyclic esters (lactones) is 1. The molecule has 3 atom stereocenters. The first kappa shape index (κ1) is 11.5. The van der Waals surface area contributed by atoms with Gasteiger partial charge in [0.05, 0.1) is 12.2 Å². The predicted molar refractivity (Wildman–Crippen MR) is 50.7 cm³/mol. The second kappa shape index (κ2) is 5.32. The highest BCUT2D eigenvalue weighted by Crippen LogP contribution is 2.20. The quantitative estimate of drug-likeness (QED) is 0.641. The second-order valence-corrected chi connectivity index (χ2v) is 3.97. The van der Waals surface area contributed by atoms with Gasteiger partial charge in [0.2, 0.25) is 0 Å². The van der Waals surface area contributed by atoms with E-state index in [0.717, 1.165) is 0 Å². The highest BCUT2D eigenvalue weighted by molar-refractivity contribution is 5.71. The van der Waals surface area contributed by atoms with Gasteiger partial charge in [0.1, 0.15) is 6.10 Å². The summed E-state index contributed by atoms with van der Waals surface area (Å²) in [6.45, 7) is 1.70. The summed E-state index contributed by atoms with van der Waals surface area (Å²) >= 11 is 0. The fourth-order valence-corrected chi connectivity index (χ4v) is 1.60. The fraction of sp³-hybridized carbons (Fsp3) is 0.900. The van der Waals surface area contributed by atoms with Gasteiger partial charge in [-0.1, -0.05) is 0 Å². The molecule has 4 heteroatoms. The van der Waals surface area contributed by atoms with Gasteiger partial charge in [-0.15, -0.1) is 0 Å². The molecular formula is C10H18O4. The van der Waals surface area contributed by atoms with Crippen LogP contribution in [0, 0.1) is 0 Å². The lowest BCUT2D eigenvalue weighted by Gasteiger charge is -2.15. The van der Waals surface area contributed by atoms with Crippen molar-refractivity contribution >= 4 is 5.97 Å². The Kier molecular flexibility index (Phi) is 4.35. The number of ether oxygens (including phenoxy) is 1. The summed E-state index contributed by atoms with van der Waals surface area (Å²) in [5.74, 6) is -0.169. The maximum atomic E-state index is 10.8. The van der Waals surface area contributed by atoms with Crippen molar-refractivity contribution in [3.05, 3.63) is 0 Å². The van der Waals surface area contributed by atoms with E-state index in [2.05, 4.69) is 0 Å². The van der Waals surface area contributed by atoms with Gasteiger partial charge in [0.25, 0.3) is 0 Å². The Labute approximate surface area is 83.9 Å². The van der Waals surface area contributed by atoms with Gasteiger partial charge in [0.15, 0.2) is 0 Å². The van der Waals surface area contributed by atoms with E-state index >= 15 is 0 Å². The third-order valence-corrected chi connectivity index (χ3v) is 2.42. The summed E-state index contributed by atoms with van der Waals surface area (Å²) < 4.78 is 4.98. The van der Waals surface area contributed by atoms with Crippen LogP contribution in [0.2, 0.25) is 0 Å². The van der Waals surface area contributed by atoms with Crippen LogP contribution in [0.4, 0.5) is 0 Å². The average Bonchev–Trinajstić information content (AvgIpc) is 2.48. The van der Waals surface area contributed by atoms with E-state index in [-0.39, 0.29) is 18.2 Å². The maximum Gasteiger partial charge on any atom is 0.306 e. The zero-order valence-electron chi connectivity index (χ0n) is 8.48. The fourth-order valence-electron chi connectivity index (χ4n) is 1.60. The van der Waals surface area contributed by atoms with E-state index in [1.165, 1.54) is 0 Å². The molecule has 0 saturated carbocycles. The summed E-state index contributed by atoms with van der Waals surface area (Å²) in [6.07, 6.45) is 1.85. The third-order valence-electron chi connectivity index (χ3n) is 2.42.